The summed E-state index contributed by atoms with van der Waals surface area (Å²) in [6.07, 6.45) is 1.64. The average molecular weight is 381 g/mol. The minimum absolute atomic E-state index is 0.235. The summed E-state index contributed by atoms with van der Waals surface area (Å²) < 4.78 is 10.8. The molecule has 1 fully saturated rings. The lowest BCUT2D eigenvalue weighted by Gasteiger charge is -2.26. The van der Waals surface area contributed by atoms with Gasteiger partial charge in [-0.1, -0.05) is 50.0 Å². The summed E-state index contributed by atoms with van der Waals surface area (Å²) in [7, 11) is 3.04. The van der Waals surface area contributed by atoms with Gasteiger partial charge in [-0.15, -0.1) is 0 Å². The Morgan fingerprint density at radius 2 is 2.00 bits per heavy atom. The van der Waals surface area contributed by atoms with Crippen LogP contribution in [0.5, 0.6) is 11.5 Å². The first-order chi connectivity index (χ1) is 11.8. The smallest absolute Gasteiger partial charge is 0.327 e. The number of ether oxygens (including phenoxy) is 2. The van der Waals surface area contributed by atoms with Crippen LogP contribution in [0.2, 0.25) is 0 Å². The van der Waals surface area contributed by atoms with E-state index in [1.165, 1.54) is 19.1 Å². The zero-order valence-electron chi connectivity index (χ0n) is 14.3. The Morgan fingerprint density at radius 3 is 2.52 bits per heavy atom. The molecule has 1 saturated heterocycles. The molecule has 0 bridgehead atoms. The Bertz CT molecular complexity index is 745. The zero-order valence-corrected chi connectivity index (χ0v) is 15.9. The highest BCUT2D eigenvalue weighted by Gasteiger charge is 2.42. The maximum absolute atomic E-state index is 12.7. The van der Waals surface area contributed by atoms with Crippen molar-refractivity contribution in [3.05, 3.63) is 28.7 Å². The summed E-state index contributed by atoms with van der Waals surface area (Å²) in [6, 6.07) is 4.32. The first-order valence-corrected chi connectivity index (χ1v) is 8.75. The molecule has 1 amide bonds. The largest absolute Gasteiger partial charge is 0.493 e. The standard InChI is InChI=1S/C17H19NO5S2/c1-9(2)13(16(20)21)18-15(19)12(25-17(18)24)8-10-6-5-7-11(22-3)14(10)23-4/h5-9,13H,1-4H3,(H,20,21)/b12-8+/t13-/m0/s1. The number of carboxylic acid groups (broad SMARTS) is 1. The maximum Gasteiger partial charge on any atom is 0.327 e. The molecule has 0 aliphatic carbocycles. The molecule has 0 spiro atoms. The van der Waals surface area contributed by atoms with Crippen LogP contribution in [0.25, 0.3) is 6.08 Å². The number of aliphatic carboxylic acids is 1. The van der Waals surface area contributed by atoms with Crippen molar-refractivity contribution in [1.82, 2.24) is 4.90 Å². The molecule has 8 heteroatoms. The zero-order chi connectivity index (χ0) is 18.7. The van der Waals surface area contributed by atoms with Crippen LogP contribution < -0.4 is 9.47 Å². The molecule has 0 saturated carbocycles. The molecule has 0 aromatic heterocycles. The number of hydrogen-bond donors (Lipinski definition) is 1. The number of thiocarbonyl (C=S) groups is 1. The molecule has 1 aromatic carbocycles. The van der Waals surface area contributed by atoms with Gasteiger partial charge in [0.25, 0.3) is 5.91 Å². The SMILES string of the molecule is COc1cccc(/C=C2/SC(=S)N([C@H](C(=O)O)C(C)C)C2=O)c1OC. The van der Waals surface area contributed by atoms with E-state index in [4.69, 9.17) is 21.7 Å². The summed E-state index contributed by atoms with van der Waals surface area (Å²) in [5.74, 6) is -0.732. The minimum atomic E-state index is -1.08. The van der Waals surface area contributed by atoms with Gasteiger partial charge in [-0.3, -0.25) is 9.69 Å². The molecule has 0 unspecified atom stereocenters. The van der Waals surface area contributed by atoms with E-state index in [-0.39, 0.29) is 10.2 Å². The number of methoxy groups -OCH3 is 2. The average Bonchev–Trinajstić information content (AvgIpc) is 2.82. The molecule has 0 radical (unpaired) electrons. The Balaban J connectivity index is 2.43. The number of rotatable bonds is 6. The number of carbonyl (C=O) groups is 2. The third-order valence-corrected chi connectivity index (χ3v) is 5.04. The van der Waals surface area contributed by atoms with Gasteiger partial charge in [0, 0.05) is 5.56 Å². The summed E-state index contributed by atoms with van der Waals surface area (Å²) in [4.78, 5) is 25.8. The fraction of sp³-hybridized carbons (Fsp3) is 0.353. The van der Waals surface area contributed by atoms with Crippen LogP contribution in [0, 0.1) is 5.92 Å². The summed E-state index contributed by atoms with van der Waals surface area (Å²) in [6.45, 7) is 3.48. The van der Waals surface area contributed by atoms with Gasteiger partial charge in [0.05, 0.1) is 19.1 Å². The van der Waals surface area contributed by atoms with E-state index in [0.29, 0.717) is 22.0 Å². The van der Waals surface area contributed by atoms with Crippen LogP contribution in [0.4, 0.5) is 0 Å². The van der Waals surface area contributed by atoms with Crippen molar-refractivity contribution in [2.24, 2.45) is 5.92 Å². The van der Waals surface area contributed by atoms with Crippen LogP contribution in [0.3, 0.4) is 0 Å². The highest BCUT2D eigenvalue weighted by Crippen LogP contribution is 2.38. The van der Waals surface area contributed by atoms with Gasteiger partial charge in [-0.2, -0.15) is 0 Å². The topological polar surface area (TPSA) is 76.1 Å². The van der Waals surface area contributed by atoms with Crippen LogP contribution >= 0.6 is 24.0 Å². The van der Waals surface area contributed by atoms with E-state index >= 15 is 0 Å². The monoisotopic (exact) mass is 381 g/mol. The molecular weight excluding hydrogens is 362 g/mol. The molecule has 2 rings (SSSR count). The lowest BCUT2D eigenvalue weighted by Crippen LogP contribution is -2.47. The van der Waals surface area contributed by atoms with Crippen molar-refractivity contribution in [3.63, 3.8) is 0 Å². The molecular formula is C17H19NO5S2. The van der Waals surface area contributed by atoms with Gasteiger partial charge in [0.15, 0.2) is 11.5 Å². The van der Waals surface area contributed by atoms with Gasteiger partial charge >= 0.3 is 5.97 Å². The summed E-state index contributed by atoms with van der Waals surface area (Å²) >= 11 is 6.33. The fourth-order valence-electron chi connectivity index (χ4n) is 2.58. The number of carbonyl (C=O) groups excluding carboxylic acids is 1. The predicted molar refractivity (Wildman–Crippen MR) is 101 cm³/mol. The van der Waals surface area contributed by atoms with Crippen LogP contribution in [-0.2, 0) is 9.59 Å². The predicted octanol–water partition coefficient (Wildman–Crippen LogP) is 3.01. The van der Waals surface area contributed by atoms with E-state index in [2.05, 4.69) is 0 Å². The third-order valence-electron chi connectivity index (χ3n) is 3.71. The van der Waals surface area contributed by atoms with Crippen molar-refractivity contribution in [3.8, 4) is 11.5 Å². The molecule has 6 nitrogen and oxygen atoms in total. The van der Waals surface area contributed by atoms with Gasteiger partial charge in [-0.05, 0) is 18.1 Å². The second-order valence-corrected chi connectivity index (χ2v) is 7.34. The molecule has 25 heavy (non-hydrogen) atoms. The molecule has 1 atom stereocenters. The van der Waals surface area contributed by atoms with Crippen molar-refractivity contribution in [2.75, 3.05) is 14.2 Å². The van der Waals surface area contributed by atoms with Crippen molar-refractivity contribution in [1.29, 1.82) is 0 Å². The van der Waals surface area contributed by atoms with Crippen molar-refractivity contribution < 1.29 is 24.2 Å². The van der Waals surface area contributed by atoms with Gasteiger partial charge in [0.2, 0.25) is 0 Å². The Labute approximate surface area is 155 Å². The highest BCUT2D eigenvalue weighted by molar-refractivity contribution is 8.26. The molecule has 1 heterocycles. The van der Waals surface area contributed by atoms with Crippen molar-refractivity contribution >= 4 is 46.3 Å². The normalized spacial score (nSPS) is 17.3. The number of para-hydroxylation sites is 1. The Morgan fingerprint density at radius 1 is 1.32 bits per heavy atom. The van der Waals surface area contributed by atoms with E-state index in [0.717, 1.165) is 11.8 Å². The minimum Gasteiger partial charge on any atom is -0.493 e. The number of benzene rings is 1. The Kier molecular flexibility index (Phi) is 6.07. The molecule has 1 aromatic rings. The van der Waals surface area contributed by atoms with Gasteiger partial charge < -0.3 is 14.6 Å². The first-order valence-electron chi connectivity index (χ1n) is 7.52. The highest BCUT2D eigenvalue weighted by atomic mass is 32.2. The van der Waals surface area contributed by atoms with Crippen LogP contribution in [-0.4, -0.2) is 46.5 Å². The summed E-state index contributed by atoms with van der Waals surface area (Å²) in [5.41, 5.74) is 0.652. The fourth-order valence-corrected chi connectivity index (χ4v) is 3.90. The third kappa shape index (κ3) is 3.80. The van der Waals surface area contributed by atoms with E-state index < -0.39 is 17.9 Å². The quantitative estimate of drug-likeness (QED) is 0.599. The number of thioether (sulfide) groups is 1. The van der Waals surface area contributed by atoms with Gasteiger partial charge in [0.1, 0.15) is 10.4 Å². The number of amides is 1. The molecule has 1 N–H and O–H groups in total. The number of hydrogen-bond acceptors (Lipinski definition) is 6. The second kappa shape index (κ2) is 7.88. The van der Waals surface area contributed by atoms with E-state index in [9.17, 15) is 14.7 Å². The number of carboxylic acids is 1. The second-order valence-electron chi connectivity index (χ2n) is 5.66. The maximum atomic E-state index is 12.7. The Hall–Kier alpha value is -2.06. The number of nitrogens with zero attached hydrogens (tertiary/aromatic N) is 1. The lowest BCUT2D eigenvalue weighted by molar-refractivity contribution is -0.146. The molecule has 1 aliphatic rings. The first kappa shape index (κ1) is 19.3. The van der Waals surface area contributed by atoms with Crippen LogP contribution in [0.1, 0.15) is 19.4 Å². The lowest BCUT2D eigenvalue weighted by atomic mass is 10.0. The summed E-state index contributed by atoms with van der Waals surface area (Å²) in [5, 5.41) is 9.45. The van der Waals surface area contributed by atoms with E-state index in [1.807, 2.05) is 0 Å². The molecule has 1 aliphatic heterocycles. The van der Waals surface area contributed by atoms with Gasteiger partial charge in [-0.25, -0.2) is 4.79 Å². The van der Waals surface area contributed by atoms with E-state index in [1.54, 1.807) is 38.1 Å². The van der Waals surface area contributed by atoms with Crippen molar-refractivity contribution in [2.45, 2.75) is 19.9 Å². The molecule has 134 valence electrons. The van der Waals surface area contributed by atoms with Crippen LogP contribution in [0.15, 0.2) is 23.1 Å².